The summed E-state index contributed by atoms with van der Waals surface area (Å²) in [5.74, 6) is -2.14. The number of aromatic nitrogens is 8. The van der Waals surface area contributed by atoms with E-state index in [2.05, 4.69) is 49.9 Å². The minimum Gasteiger partial charge on any atom is -0.478 e. The summed E-state index contributed by atoms with van der Waals surface area (Å²) in [5.41, 5.74) is 27.0. The summed E-state index contributed by atoms with van der Waals surface area (Å²) in [6, 6.07) is 12.3. The number of ether oxygens (including phenoxy) is 2. The average Bonchev–Trinajstić information content (AvgIpc) is 3.22. The third-order valence-corrected chi connectivity index (χ3v) is 8.79. The predicted molar refractivity (Wildman–Crippen MR) is 230 cm³/mol. The van der Waals surface area contributed by atoms with Gasteiger partial charge in [0.05, 0.1) is 49.5 Å². The topological polar surface area (TPSA) is 333 Å². The molecule has 0 unspecified atom stereocenters. The molecular formula is C40H47N15O7. The molecule has 22 heteroatoms. The largest absolute Gasteiger partial charge is 0.478 e. The van der Waals surface area contributed by atoms with Gasteiger partial charge in [-0.1, -0.05) is 0 Å². The maximum Gasteiger partial charge on any atom is 0.335 e. The van der Waals surface area contributed by atoms with E-state index in [0.29, 0.717) is 52.4 Å². The van der Waals surface area contributed by atoms with E-state index in [1.807, 2.05) is 23.9 Å². The first-order chi connectivity index (χ1) is 29.3. The monoisotopic (exact) mass is 849 g/mol. The van der Waals surface area contributed by atoms with Crippen molar-refractivity contribution in [3.05, 3.63) is 83.4 Å². The Kier molecular flexibility index (Phi) is 14.1. The maximum atomic E-state index is 12.9. The van der Waals surface area contributed by atoms with Crippen molar-refractivity contribution in [2.24, 2.45) is 0 Å². The van der Waals surface area contributed by atoms with Crippen molar-refractivity contribution in [3.8, 4) is 0 Å². The lowest BCUT2D eigenvalue weighted by Gasteiger charge is -2.24. The van der Waals surface area contributed by atoms with Crippen molar-refractivity contribution in [1.82, 2.24) is 45.2 Å². The lowest BCUT2D eigenvalue weighted by molar-refractivity contribution is -0.157. The fourth-order valence-corrected chi connectivity index (χ4v) is 5.74. The fraction of sp³-hybridized carbons (Fsp3) is 0.300. The average molecular weight is 850 g/mol. The van der Waals surface area contributed by atoms with Crippen LogP contribution in [0.5, 0.6) is 0 Å². The molecule has 62 heavy (non-hydrogen) atoms. The highest BCUT2D eigenvalue weighted by atomic mass is 16.6. The Labute approximate surface area is 355 Å². The Balaban J connectivity index is 0.000000259. The van der Waals surface area contributed by atoms with E-state index in [4.69, 9.17) is 32.8 Å². The van der Waals surface area contributed by atoms with E-state index in [0.717, 1.165) is 11.4 Å². The third-order valence-electron chi connectivity index (χ3n) is 8.79. The number of fused-ring (bicyclic) bond motifs is 2. The van der Waals surface area contributed by atoms with Crippen molar-refractivity contribution >= 4 is 81.1 Å². The maximum absolute atomic E-state index is 12.9. The molecule has 4 heterocycles. The molecule has 6 rings (SSSR count). The van der Waals surface area contributed by atoms with Crippen LogP contribution in [0, 0.1) is 0 Å². The summed E-state index contributed by atoms with van der Waals surface area (Å²) in [7, 11) is 4.98. The molecule has 1 amide bonds. The molecule has 0 spiro atoms. The van der Waals surface area contributed by atoms with Crippen LogP contribution in [0.1, 0.15) is 65.7 Å². The molecule has 0 fully saturated rings. The van der Waals surface area contributed by atoms with E-state index < -0.39 is 35.5 Å². The first kappa shape index (κ1) is 45.1. The van der Waals surface area contributed by atoms with Crippen LogP contribution in [-0.2, 0) is 32.2 Å². The van der Waals surface area contributed by atoms with Gasteiger partial charge in [0.2, 0.25) is 11.9 Å². The number of benzene rings is 2. The number of hydrogen-bond acceptors (Lipinski definition) is 20. The first-order valence-corrected chi connectivity index (χ1v) is 18.9. The van der Waals surface area contributed by atoms with Gasteiger partial charge in [0, 0.05) is 37.5 Å². The normalized spacial score (nSPS) is 11.5. The molecule has 0 aliphatic carbocycles. The van der Waals surface area contributed by atoms with Gasteiger partial charge in [0.1, 0.15) is 11.6 Å². The molecular weight excluding hydrogens is 803 g/mol. The summed E-state index contributed by atoms with van der Waals surface area (Å²) >= 11 is 0. The highest BCUT2D eigenvalue weighted by molar-refractivity contribution is 5.97. The van der Waals surface area contributed by atoms with Crippen LogP contribution in [0.15, 0.2) is 60.9 Å². The van der Waals surface area contributed by atoms with Gasteiger partial charge in [0.15, 0.2) is 34.0 Å². The number of anilines is 6. The highest BCUT2D eigenvalue weighted by Crippen LogP contribution is 2.21. The molecule has 0 radical (unpaired) electrons. The van der Waals surface area contributed by atoms with E-state index in [9.17, 15) is 19.2 Å². The number of methoxy groups -OCH3 is 1. The van der Waals surface area contributed by atoms with Gasteiger partial charge in [-0.3, -0.25) is 9.59 Å². The molecule has 0 bridgehead atoms. The van der Waals surface area contributed by atoms with Gasteiger partial charge in [-0.05, 0) is 75.7 Å². The lowest BCUT2D eigenvalue weighted by atomic mass is 10.1. The number of nitrogens with two attached hydrogens (primary N) is 4. The number of hydrogen-bond donors (Lipinski definition) is 6. The quantitative estimate of drug-likeness (QED) is 0.0909. The van der Waals surface area contributed by atoms with Gasteiger partial charge < -0.3 is 52.6 Å². The van der Waals surface area contributed by atoms with Crippen LogP contribution in [-0.4, -0.2) is 102 Å². The minimum atomic E-state index is -1.01. The number of nitrogen functional groups attached to an aromatic ring is 4. The van der Waals surface area contributed by atoms with Crippen molar-refractivity contribution in [2.75, 3.05) is 53.9 Å². The fourth-order valence-electron chi connectivity index (χ4n) is 5.74. The van der Waals surface area contributed by atoms with Crippen LogP contribution < -0.4 is 38.1 Å². The van der Waals surface area contributed by atoms with Crippen LogP contribution in [0.4, 0.5) is 34.9 Å². The number of amides is 1. The molecule has 22 nitrogen and oxygen atoms in total. The van der Waals surface area contributed by atoms with Crippen molar-refractivity contribution in [1.29, 1.82) is 0 Å². The number of carboxylic acid groups (broad SMARTS) is 1. The molecule has 324 valence electrons. The SMILES string of the molecule is CN(Cc1cnc2nc(N)nc(N)c2n1)c1ccc(C(=O)O)cc1.COC(=O)CC[C@H](NC(=O)c1ccc(N(C)Cc2cnc3nc(N)nc(N)c3n2)cc1)C(=O)OC(C)(C)C. The Morgan fingerprint density at radius 1 is 0.710 bits per heavy atom. The zero-order chi connectivity index (χ0) is 45.3. The molecule has 0 aliphatic rings. The Bertz CT molecular complexity index is 2590. The third kappa shape index (κ3) is 12.0. The summed E-state index contributed by atoms with van der Waals surface area (Å²) in [6.45, 7) is 6.02. The molecule has 0 saturated heterocycles. The predicted octanol–water partition coefficient (Wildman–Crippen LogP) is 2.53. The van der Waals surface area contributed by atoms with Gasteiger partial charge >= 0.3 is 17.9 Å². The molecule has 4 aromatic heterocycles. The number of carbonyl (C=O) groups excluding carboxylic acids is 3. The van der Waals surface area contributed by atoms with E-state index in [-0.39, 0.29) is 41.9 Å². The number of nitrogens with zero attached hydrogens (tertiary/aromatic N) is 10. The van der Waals surface area contributed by atoms with E-state index in [1.54, 1.807) is 81.7 Å². The Hall–Kier alpha value is -8.04. The van der Waals surface area contributed by atoms with Crippen molar-refractivity contribution in [2.45, 2.75) is 58.3 Å². The number of carboxylic acids is 1. The van der Waals surface area contributed by atoms with Gasteiger partial charge in [-0.25, -0.2) is 29.5 Å². The number of rotatable bonds is 13. The van der Waals surface area contributed by atoms with Gasteiger partial charge in [-0.15, -0.1) is 0 Å². The summed E-state index contributed by atoms with van der Waals surface area (Å²) in [4.78, 5) is 85.0. The van der Waals surface area contributed by atoms with Crippen molar-refractivity contribution < 1.29 is 33.8 Å². The van der Waals surface area contributed by atoms with Gasteiger partial charge in [-0.2, -0.15) is 19.9 Å². The second kappa shape index (κ2) is 19.4. The van der Waals surface area contributed by atoms with Crippen LogP contribution >= 0.6 is 0 Å². The zero-order valence-electron chi connectivity index (χ0n) is 34.9. The van der Waals surface area contributed by atoms with E-state index >= 15 is 0 Å². The Morgan fingerprint density at radius 3 is 1.58 bits per heavy atom. The zero-order valence-corrected chi connectivity index (χ0v) is 34.9. The minimum absolute atomic E-state index is 0.0270. The summed E-state index contributed by atoms with van der Waals surface area (Å²) in [6.07, 6.45) is 3.17. The summed E-state index contributed by atoms with van der Waals surface area (Å²) < 4.78 is 10.1. The molecule has 2 aromatic carbocycles. The number of aromatic carboxylic acids is 1. The number of esters is 2. The van der Waals surface area contributed by atoms with Crippen LogP contribution in [0.3, 0.4) is 0 Å². The standard InChI is InChI=1S/C25H32N8O5.C15H15N7O2/c1-25(2,3)38-23(36)17(10-11-18(34)37-5)30-22(35)14-6-8-16(9-7-14)33(4)13-15-12-28-21-19(29-15)20(26)31-24(27)32-21;1-22(10-4-2-8(3-5-10)14(23)24)7-9-6-18-13-11(19-9)12(16)20-15(17)21-13/h6-9,12,17H,10-11,13H2,1-5H3,(H,30,35)(H4,26,27,28,31,32);2-6H,7H2,1H3,(H,23,24)(H4,16,17,18,20,21)/t17-;/m0./s1. The second-order valence-corrected chi connectivity index (χ2v) is 14.8. The molecule has 6 aromatic rings. The Morgan fingerprint density at radius 2 is 1.16 bits per heavy atom. The van der Waals surface area contributed by atoms with Gasteiger partial charge in [0.25, 0.3) is 5.91 Å². The first-order valence-electron chi connectivity index (χ1n) is 18.9. The highest BCUT2D eigenvalue weighted by Gasteiger charge is 2.28. The molecule has 1 atom stereocenters. The van der Waals surface area contributed by atoms with Crippen molar-refractivity contribution in [3.63, 3.8) is 0 Å². The summed E-state index contributed by atoms with van der Waals surface area (Å²) in [5, 5.41) is 11.6. The number of carbonyl (C=O) groups is 4. The smallest absolute Gasteiger partial charge is 0.335 e. The molecule has 10 N–H and O–H groups in total. The number of nitrogens with one attached hydrogen (secondary N) is 1. The molecule has 0 saturated carbocycles. The lowest BCUT2D eigenvalue weighted by Crippen LogP contribution is -2.44. The molecule has 0 aliphatic heterocycles. The van der Waals surface area contributed by atoms with Crippen LogP contribution in [0.25, 0.3) is 22.3 Å². The second-order valence-electron chi connectivity index (χ2n) is 14.8. The van der Waals surface area contributed by atoms with E-state index in [1.165, 1.54) is 7.11 Å². The van der Waals surface area contributed by atoms with Crippen LogP contribution in [0.2, 0.25) is 0 Å².